The zero-order valence-electron chi connectivity index (χ0n) is 15.9. The number of rotatable bonds is 8. The molecule has 1 aliphatic rings. The van der Waals surface area contributed by atoms with E-state index in [0.717, 1.165) is 0 Å². The van der Waals surface area contributed by atoms with Gasteiger partial charge in [-0.2, -0.15) is 0 Å². The Morgan fingerprint density at radius 2 is 1.63 bits per heavy atom. The topological polar surface area (TPSA) is 137 Å². The number of hydrogen-bond donors (Lipinski definition) is 2. The Labute approximate surface area is 179 Å². The van der Waals surface area contributed by atoms with Crippen LogP contribution in [0.2, 0.25) is 0 Å². The highest BCUT2D eigenvalue weighted by molar-refractivity contribution is 7.93. The van der Waals surface area contributed by atoms with Crippen molar-refractivity contribution in [2.24, 2.45) is 0 Å². The molecule has 2 aromatic rings. The molecule has 0 saturated carbocycles. The minimum atomic E-state index is -4.06. The van der Waals surface area contributed by atoms with Crippen molar-refractivity contribution >= 4 is 28.2 Å². The lowest BCUT2D eigenvalue weighted by molar-refractivity contribution is -0.134. The van der Waals surface area contributed by atoms with Gasteiger partial charge in [0.2, 0.25) is 0 Å². The maximum atomic E-state index is 13.1. The van der Waals surface area contributed by atoms with Crippen LogP contribution in [0.1, 0.15) is 12.8 Å². The fraction of sp³-hybridized carbons (Fsp3) is 0.389. The van der Waals surface area contributed by atoms with Crippen molar-refractivity contribution in [2.75, 3.05) is 26.4 Å². The fourth-order valence-electron chi connectivity index (χ4n) is 3.04. The minimum Gasteiger partial charge on any atom is -0.490 e. The maximum Gasteiger partial charge on any atom is 0.265 e. The lowest BCUT2D eigenvalue weighted by Gasteiger charge is -2.34. The Kier molecular flexibility index (Phi) is 8.35. The van der Waals surface area contributed by atoms with Crippen LogP contribution in [0.15, 0.2) is 47.9 Å². The van der Waals surface area contributed by atoms with Gasteiger partial charge in [-0.05, 0) is 37.1 Å². The molecule has 0 spiro atoms. The summed E-state index contributed by atoms with van der Waals surface area (Å²) in [6, 6.07) is 5.75. The first-order valence-corrected chi connectivity index (χ1v) is 10.4. The Balaban J connectivity index is 0.00000320. The summed E-state index contributed by atoms with van der Waals surface area (Å²) in [7, 11) is -4.06. The molecule has 0 atom stereocenters. The van der Waals surface area contributed by atoms with E-state index < -0.39 is 20.5 Å². The number of carbonyl (C=O) groups excluding carboxylic acids is 1. The smallest absolute Gasteiger partial charge is 0.265 e. The van der Waals surface area contributed by atoms with Gasteiger partial charge >= 0.3 is 0 Å². The van der Waals surface area contributed by atoms with Crippen molar-refractivity contribution < 1.29 is 32.6 Å². The predicted molar refractivity (Wildman–Crippen MR) is 107 cm³/mol. The van der Waals surface area contributed by atoms with Crippen molar-refractivity contribution in [1.82, 2.24) is 15.4 Å². The first-order valence-electron chi connectivity index (χ1n) is 8.87. The van der Waals surface area contributed by atoms with Gasteiger partial charge in [0.25, 0.3) is 5.91 Å². The number of benzene rings is 1. The Hall–Kier alpha value is -2.47. The molecule has 164 valence electrons. The van der Waals surface area contributed by atoms with Crippen LogP contribution in [-0.4, -0.2) is 60.7 Å². The van der Waals surface area contributed by atoms with Gasteiger partial charge in [-0.3, -0.25) is 10.0 Å². The van der Waals surface area contributed by atoms with Crippen LogP contribution in [-0.2, 0) is 19.4 Å². The molecule has 0 aliphatic carbocycles. The number of aromatic nitrogens is 2. The summed E-state index contributed by atoms with van der Waals surface area (Å²) >= 11 is 0. The highest BCUT2D eigenvalue weighted by Crippen LogP contribution is 2.35. The molecule has 1 amide bonds. The Morgan fingerprint density at radius 3 is 2.20 bits per heavy atom. The third kappa shape index (κ3) is 4.98. The highest BCUT2D eigenvalue weighted by atomic mass is 35.5. The summed E-state index contributed by atoms with van der Waals surface area (Å²) in [5.74, 6) is 0.00845. The summed E-state index contributed by atoms with van der Waals surface area (Å²) < 4.78 is 40.6. The predicted octanol–water partition coefficient (Wildman–Crippen LogP) is 1.18. The van der Waals surface area contributed by atoms with Gasteiger partial charge in [0.1, 0.15) is 25.3 Å². The lowest BCUT2D eigenvalue weighted by atomic mass is 9.98. The summed E-state index contributed by atoms with van der Waals surface area (Å²) in [6.07, 6.45) is 4.37. The number of nitrogens with one attached hydrogen (secondary N) is 1. The summed E-state index contributed by atoms with van der Waals surface area (Å²) in [5, 5.41) is 9.06. The molecule has 30 heavy (non-hydrogen) atoms. The van der Waals surface area contributed by atoms with Crippen LogP contribution >= 0.6 is 12.4 Å². The molecule has 10 nitrogen and oxygen atoms in total. The second-order valence-electron chi connectivity index (χ2n) is 6.29. The zero-order valence-corrected chi connectivity index (χ0v) is 17.5. The van der Waals surface area contributed by atoms with E-state index in [1.807, 2.05) is 0 Å². The largest absolute Gasteiger partial charge is 0.490 e. The average molecular weight is 460 g/mol. The number of ether oxygens (including phenoxy) is 3. The van der Waals surface area contributed by atoms with E-state index in [4.69, 9.17) is 19.4 Å². The zero-order chi connectivity index (χ0) is 20.7. The summed E-state index contributed by atoms with van der Waals surface area (Å²) in [4.78, 5) is 19.9. The van der Waals surface area contributed by atoms with Gasteiger partial charge in [0, 0.05) is 13.2 Å². The van der Waals surface area contributed by atoms with Crippen molar-refractivity contribution in [3.8, 4) is 11.5 Å². The highest BCUT2D eigenvalue weighted by Gasteiger charge is 2.52. The van der Waals surface area contributed by atoms with Crippen LogP contribution in [0.4, 0.5) is 0 Å². The van der Waals surface area contributed by atoms with Crippen LogP contribution in [0.5, 0.6) is 11.5 Å². The van der Waals surface area contributed by atoms with E-state index in [2.05, 4.69) is 9.97 Å². The lowest BCUT2D eigenvalue weighted by Crippen LogP contribution is -2.54. The van der Waals surface area contributed by atoms with Gasteiger partial charge in [0.05, 0.1) is 17.3 Å². The number of halogens is 1. The molecule has 0 radical (unpaired) electrons. The molecule has 12 heteroatoms. The molecule has 0 bridgehead atoms. The normalized spacial score (nSPS) is 15.5. The maximum absolute atomic E-state index is 13.1. The fourth-order valence-corrected chi connectivity index (χ4v) is 4.98. The first-order chi connectivity index (χ1) is 14.0. The number of amides is 1. The monoisotopic (exact) mass is 459 g/mol. The summed E-state index contributed by atoms with van der Waals surface area (Å²) in [6.45, 7) is 0.711. The number of sulfone groups is 1. The molecule has 3 rings (SSSR count). The third-order valence-electron chi connectivity index (χ3n) is 4.62. The van der Waals surface area contributed by atoms with Crippen LogP contribution in [0.25, 0.3) is 0 Å². The van der Waals surface area contributed by atoms with E-state index in [1.54, 1.807) is 0 Å². The first kappa shape index (κ1) is 23.8. The van der Waals surface area contributed by atoms with Crippen molar-refractivity contribution in [2.45, 2.75) is 22.5 Å². The number of carbonyl (C=O) groups is 1. The Morgan fingerprint density at radius 1 is 1.07 bits per heavy atom. The molecular formula is C18H22ClN3O7S. The van der Waals surface area contributed by atoms with Gasteiger partial charge in [-0.25, -0.2) is 23.9 Å². The molecule has 2 heterocycles. The molecule has 1 aromatic carbocycles. The SMILES string of the molecule is Cl.O=C(NO)C1(S(=O)(=O)c2ccc(OCCOc3cncnc3)cc2)CCOCC1. The number of hydroxylamine groups is 1. The summed E-state index contributed by atoms with van der Waals surface area (Å²) in [5.41, 5.74) is 1.49. The van der Waals surface area contributed by atoms with Crippen molar-refractivity contribution in [1.29, 1.82) is 0 Å². The molecule has 2 N–H and O–H groups in total. The van der Waals surface area contributed by atoms with E-state index in [-0.39, 0.29) is 56.6 Å². The van der Waals surface area contributed by atoms with E-state index in [9.17, 15) is 13.2 Å². The van der Waals surface area contributed by atoms with E-state index in [1.165, 1.54) is 48.5 Å². The van der Waals surface area contributed by atoms with Crippen LogP contribution in [0, 0.1) is 0 Å². The third-order valence-corrected chi connectivity index (χ3v) is 7.14. The quantitative estimate of drug-likeness (QED) is 0.338. The van der Waals surface area contributed by atoms with E-state index in [0.29, 0.717) is 11.5 Å². The average Bonchev–Trinajstić information content (AvgIpc) is 2.77. The minimum absolute atomic E-state index is 0. The molecular weight excluding hydrogens is 438 g/mol. The van der Waals surface area contributed by atoms with Gasteiger partial charge in [-0.1, -0.05) is 0 Å². The second kappa shape index (κ2) is 10.5. The molecule has 1 saturated heterocycles. The number of nitrogens with zero attached hydrogens (tertiary/aromatic N) is 2. The van der Waals surface area contributed by atoms with Crippen molar-refractivity contribution in [3.05, 3.63) is 43.0 Å². The van der Waals surface area contributed by atoms with Gasteiger partial charge < -0.3 is 14.2 Å². The molecule has 1 fully saturated rings. The second-order valence-corrected chi connectivity index (χ2v) is 8.55. The Bertz CT molecular complexity index is 921. The van der Waals surface area contributed by atoms with E-state index >= 15 is 0 Å². The molecule has 1 aliphatic heterocycles. The van der Waals surface area contributed by atoms with Crippen LogP contribution < -0.4 is 15.0 Å². The molecule has 0 unspecified atom stereocenters. The van der Waals surface area contributed by atoms with Crippen LogP contribution in [0.3, 0.4) is 0 Å². The van der Waals surface area contributed by atoms with Gasteiger partial charge in [0.15, 0.2) is 20.3 Å². The standard InChI is InChI=1S/C18H21N3O7S.ClH/c22-17(21-23)18(5-7-26-8-6-18)29(24,25)16-3-1-14(2-4-16)27-9-10-28-15-11-19-13-20-12-15;/h1-4,11-13,23H,5-10H2,(H,21,22);1H. The van der Waals surface area contributed by atoms with Gasteiger partial charge in [-0.15, -0.1) is 12.4 Å². The van der Waals surface area contributed by atoms with Crippen molar-refractivity contribution in [3.63, 3.8) is 0 Å². The molecule has 1 aromatic heterocycles. The number of hydrogen-bond acceptors (Lipinski definition) is 9.